The van der Waals surface area contributed by atoms with E-state index in [1.807, 2.05) is 42.5 Å². The molecule has 4 heteroatoms. The first kappa shape index (κ1) is 15.1. The number of hydrogen-bond acceptors (Lipinski definition) is 1. The Bertz CT molecular complexity index is 574. The lowest BCUT2D eigenvalue weighted by atomic mass is 10.1. The molecule has 0 heterocycles. The molecule has 104 valence electrons. The van der Waals surface area contributed by atoms with Gasteiger partial charge in [-0.05, 0) is 30.2 Å². The van der Waals surface area contributed by atoms with Crippen LogP contribution in [0.5, 0.6) is 0 Å². The van der Waals surface area contributed by atoms with Crippen molar-refractivity contribution in [2.45, 2.75) is 12.5 Å². The second-order valence-electron chi connectivity index (χ2n) is 4.52. The van der Waals surface area contributed by atoms with Crippen molar-refractivity contribution in [1.82, 2.24) is 5.32 Å². The van der Waals surface area contributed by atoms with Gasteiger partial charge < -0.3 is 5.32 Å². The number of rotatable bonds is 5. The van der Waals surface area contributed by atoms with Crippen molar-refractivity contribution in [2.75, 3.05) is 5.88 Å². The number of alkyl halides is 1. The third-order valence-corrected chi connectivity index (χ3v) is 3.80. The Labute approximate surface area is 132 Å². The van der Waals surface area contributed by atoms with Crippen LogP contribution in [0.25, 0.3) is 0 Å². The van der Waals surface area contributed by atoms with Gasteiger partial charge >= 0.3 is 0 Å². The van der Waals surface area contributed by atoms with E-state index in [4.69, 9.17) is 11.6 Å². The normalized spacial score (nSPS) is 11.9. The second-order valence-corrected chi connectivity index (χ2v) is 5.75. The summed E-state index contributed by atoms with van der Waals surface area (Å²) in [5.74, 6) is 0.280. The average Bonchev–Trinajstić information content (AvgIpc) is 2.47. The Balaban J connectivity index is 2.01. The lowest BCUT2D eigenvalue weighted by molar-refractivity contribution is 0.0940. The Kier molecular flexibility index (Phi) is 5.62. The maximum absolute atomic E-state index is 12.2. The van der Waals surface area contributed by atoms with Gasteiger partial charge in [-0.25, -0.2) is 0 Å². The van der Waals surface area contributed by atoms with E-state index in [1.165, 1.54) is 0 Å². The summed E-state index contributed by atoms with van der Waals surface area (Å²) < 4.78 is 0.885. The van der Waals surface area contributed by atoms with Crippen LogP contribution in [0.2, 0.25) is 0 Å². The zero-order valence-electron chi connectivity index (χ0n) is 10.9. The predicted octanol–water partition coefficient (Wildman–Crippen LogP) is 4.03. The predicted molar refractivity (Wildman–Crippen MR) is 86.3 cm³/mol. The fourth-order valence-electron chi connectivity index (χ4n) is 1.94. The number of carbonyl (C=O) groups excluding carboxylic acids is 1. The zero-order valence-corrected chi connectivity index (χ0v) is 13.2. The van der Waals surface area contributed by atoms with Gasteiger partial charge in [0.15, 0.2) is 0 Å². The summed E-state index contributed by atoms with van der Waals surface area (Å²) in [4.78, 5) is 12.2. The molecule has 0 radical (unpaired) electrons. The van der Waals surface area contributed by atoms with Crippen LogP contribution in [0.3, 0.4) is 0 Å². The molecule has 0 bridgehead atoms. The summed E-state index contributed by atoms with van der Waals surface area (Å²) >= 11 is 9.32. The van der Waals surface area contributed by atoms with Gasteiger partial charge in [0.05, 0.1) is 0 Å². The van der Waals surface area contributed by atoms with E-state index >= 15 is 0 Å². The molecule has 0 saturated carbocycles. The Morgan fingerprint density at radius 3 is 2.55 bits per heavy atom. The van der Waals surface area contributed by atoms with Crippen LogP contribution in [-0.4, -0.2) is 17.8 Å². The van der Waals surface area contributed by atoms with E-state index in [1.54, 1.807) is 12.1 Å². The first-order valence-electron chi connectivity index (χ1n) is 6.35. The van der Waals surface area contributed by atoms with Crippen molar-refractivity contribution in [3.63, 3.8) is 0 Å². The highest BCUT2D eigenvalue weighted by Crippen LogP contribution is 2.12. The molecule has 2 rings (SSSR count). The number of carbonyl (C=O) groups is 1. The van der Waals surface area contributed by atoms with Crippen molar-refractivity contribution in [3.8, 4) is 0 Å². The SMILES string of the molecule is O=C(NC(CCl)Cc1ccccc1)c1cccc(Br)c1. The van der Waals surface area contributed by atoms with E-state index in [0.717, 1.165) is 16.5 Å². The summed E-state index contributed by atoms with van der Waals surface area (Å²) in [6.07, 6.45) is 0.726. The standard InChI is InChI=1S/C16H15BrClNO/c17-14-8-4-7-13(10-14)16(20)19-15(11-18)9-12-5-2-1-3-6-12/h1-8,10,15H,9,11H2,(H,19,20). The number of nitrogens with one attached hydrogen (secondary N) is 1. The minimum Gasteiger partial charge on any atom is -0.348 e. The van der Waals surface area contributed by atoms with Crippen LogP contribution >= 0.6 is 27.5 Å². The molecule has 2 nitrogen and oxygen atoms in total. The number of hydrogen-bond donors (Lipinski definition) is 1. The number of halogens is 2. The molecular formula is C16H15BrClNO. The van der Waals surface area contributed by atoms with Gasteiger partial charge in [0.1, 0.15) is 0 Å². The van der Waals surface area contributed by atoms with Crippen molar-refractivity contribution in [2.24, 2.45) is 0 Å². The molecule has 0 fully saturated rings. The zero-order chi connectivity index (χ0) is 14.4. The van der Waals surface area contributed by atoms with Gasteiger partial charge in [-0.1, -0.05) is 52.3 Å². The van der Waals surface area contributed by atoms with Crippen molar-refractivity contribution in [3.05, 3.63) is 70.2 Å². The summed E-state index contributed by atoms with van der Waals surface area (Å²) in [6, 6.07) is 17.2. The molecule has 20 heavy (non-hydrogen) atoms. The molecule has 2 aromatic carbocycles. The molecule has 0 aliphatic carbocycles. The summed E-state index contributed by atoms with van der Waals surface area (Å²) in [5.41, 5.74) is 1.79. The fraction of sp³-hybridized carbons (Fsp3) is 0.188. The van der Waals surface area contributed by atoms with Crippen LogP contribution in [0.1, 0.15) is 15.9 Å². The van der Waals surface area contributed by atoms with Crippen LogP contribution in [0.4, 0.5) is 0 Å². The van der Waals surface area contributed by atoms with Crippen LogP contribution in [0.15, 0.2) is 59.1 Å². The summed E-state index contributed by atoms with van der Waals surface area (Å²) in [6.45, 7) is 0. The maximum Gasteiger partial charge on any atom is 0.251 e. The maximum atomic E-state index is 12.2. The summed E-state index contributed by atoms with van der Waals surface area (Å²) in [5, 5.41) is 2.97. The highest BCUT2D eigenvalue weighted by molar-refractivity contribution is 9.10. The Morgan fingerprint density at radius 2 is 1.90 bits per heavy atom. The monoisotopic (exact) mass is 351 g/mol. The smallest absolute Gasteiger partial charge is 0.251 e. The number of benzene rings is 2. The van der Waals surface area contributed by atoms with Crippen molar-refractivity contribution in [1.29, 1.82) is 0 Å². The molecular weight excluding hydrogens is 338 g/mol. The lowest BCUT2D eigenvalue weighted by Crippen LogP contribution is -2.37. The Hall–Kier alpha value is -1.32. The molecule has 1 N–H and O–H groups in total. The quantitative estimate of drug-likeness (QED) is 0.809. The van der Waals surface area contributed by atoms with E-state index in [0.29, 0.717) is 11.4 Å². The van der Waals surface area contributed by atoms with Crippen LogP contribution in [0, 0.1) is 0 Å². The molecule has 2 aromatic rings. The third-order valence-electron chi connectivity index (χ3n) is 2.93. The molecule has 1 atom stereocenters. The lowest BCUT2D eigenvalue weighted by Gasteiger charge is -2.16. The minimum absolute atomic E-state index is 0.0782. The topological polar surface area (TPSA) is 29.1 Å². The van der Waals surface area contributed by atoms with E-state index in [9.17, 15) is 4.79 Å². The molecule has 0 spiro atoms. The number of amides is 1. The van der Waals surface area contributed by atoms with Gasteiger partial charge in [0, 0.05) is 22.0 Å². The van der Waals surface area contributed by atoms with Gasteiger partial charge in [0.25, 0.3) is 5.91 Å². The van der Waals surface area contributed by atoms with E-state index in [2.05, 4.69) is 21.2 Å². The molecule has 0 aliphatic rings. The molecule has 0 aromatic heterocycles. The molecule has 0 saturated heterocycles. The largest absolute Gasteiger partial charge is 0.348 e. The van der Waals surface area contributed by atoms with Gasteiger partial charge in [-0.3, -0.25) is 4.79 Å². The van der Waals surface area contributed by atoms with Crippen molar-refractivity contribution >= 4 is 33.4 Å². The fourth-order valence-corrected chi connectivity index (χ4v) is 2.53. The van der Waals surface area contributed by atoms with Crippen LogP contribution < -0.4 is 5.32 Å². The van der Waals surface area contributed by atoms with E-state index in [-0.39, 0.29) is 11.9 Å². The first-order chi connectivity index (χ1) is 9.69. The molecule has 0 aliphatic heterocycles. The van der Waals surface area contributed by atoms with E-state index < -0.39 is 0 Å². The highest BCUT2D eigenvalue weighted by Gasteiger charge is 2.13. The van der Waals surface area contributed by atoms with Gasteiger partial charge in [-0.15, -0.1) is 11.6 Å². The first-order valence-corrected chi connectivity index (χ1v) is 7.68. The third kappa shape index (κ3) is 4.36. The summed E-state index contributed by atoms with van der Waals surface area (Å²) in [7, 11) is 0. The highest BCUT2D eigenvalue weighted by atomic mass is 79.9. The minimum atomic E-state index is -0.104. The van der Waals surface area contributed by atoms with Crippen LogP contribution in [-0.2, 0) is 6.42 Å². The van der Waals surface area contributed by atoms with Gasteiger partial charge in [0.2, 0.25) is 0 Å². The van der Waals surface area contributed by atoms with Crippen molar-refractivity contribution < 1.29 is 4.79 Å². The Morgan fingerprint density at radius 1 is 1.15 bits per heavy atom. The van der Waals surface area contributed by atoms with Gasteiger partial charge in [-0.2, -0.15) is 0 Å². The molecule has 1 amide bonds. The second kappa shape index (κ2) is 7.46. The average molecular weight is 353 g/mol. The molecule has 1 unspecified atom stereocenters.